The highest BCUT2D eigenvalue weighted by Crippen LogP contribution is 2.27. The molecular formula is C63H83ClN18. The van der Waals surface area contributed by atoms with E-state index in [-0.39, 0.29) is 0 Å². The van der Waals surface area contributed by atoms with Gasteiger partial charge in [-0.15, -0.1) is 5.10 Å². The molecule has 432 valence electrons. The fraction of sp³-hybridized carbons (Fsp3) is 0.429. The van der Waals surface area contributed by atoms with Crippen molar-refractivity contribution in [3.8, 4) is 0 Å². The van der Waals surface area contributed by atoms with Gasteiger partial charge in [-0.25, -0.2) is 52.0 Å². The van der Waals surface area contributed by atoms with E-state index in [1.165, 1.54) is 72.3 Å². The van der Waals surface area contributed by atoms with E-state index in [0.717, 1.165) is 45.3 Å². The lowest BCUT2D eigenvalue weighted by atomic mass is 9.97. The molecule has 12 rings (SSSR count). The first kappa shape index (κ1) is 61.6. The highest BCUT2D eigenvalue weighted by atomic mass is 35.5. The summed E-state index contributed by atoms with van der Waals surface area (Å²) in [6, 6.07) is 8.61. The molecule has 19 heteroatoms. The van der Waals surface area contributed by atoms with Crippen LogP contribution in [0, 0.1) is 62.3 Å². The first-order valence-corrected chi connectivity index (χ1v) is 28.7. The van der Waals surface area contributed by atoms with Crippen LogP contribution in [0.3, 0.4) is 0 Å². The molecule has 0 saturated carbocycles. The van der Waals surface area contributed by atoms with Crippen LogP contribution in [-0.2, 0) is 0 Å². The summed E-state index contributed by atoms with van der Waals surface area (Å²) in [5, 5.41) is 25.3. The lowest BCUT2D eigenvalue weighted by Gasteiger charge is -2.12. The van der Waals surface area contributed by atoms with E-state index >= 15 is 0 Å². The van der Waals surface area contributed by atoms with E-state index in [9.17, 15) is 0 Å². The van der Waals surface area contributed by atoms with Gasteiger partial charge in [0.2, 0.25) is 5.28 Å². The maximum Gasteiger partial charge on any atom is 0.243 e. The van der Waals surface area contributed by atoms with E-state index in [1.54, 1.807) is 29.8 Å². The lowest BCUT2D eigenvalue weighted by molar-refractivity contribution is 0.821. The molecule has 0 N–H and O–H groups in total. The van der Waals surface area contributed by atoms with Gasteiger partial charge < -0.3 is 0 Å². The Balaban J connectivity index is 0.000000142. The van der Waals surface area contributed by atoms with E-state index < -0.39 is 0 Å². The summed E-state index contributed by atoms with van der Waals surface area (Å²) in [5.41, 5.74) is 23.3. The Morgan fingerprint density at radius 1 is 0.329 bits per heavy atom. The molecule has 12 aromatic rings. The third-order valence-electron chi connectivity index (χ3n) is 14.8. The number of pyridine rings is 6. The van der Waals surface area contributed by atoms with Crippen molar-refractivity contribution in [3.05, 3.63) is 176 Å². The molecule has 0 atom stereocenters. The van der Waals surface area contributed by atoms with Crippen molar-refractivity contribution in [1.82, 2.24) is 87.6 Å². The smallest absolute Gasteiger partial charge is 0.221 e. The Bertz CT molecular complexity index is 4020. The SMILES string of the molecule is Cc1c(C(C)C)cn2nc(Cl)nc2c1C.Cc1c(C(C)C)cn2ncnc2c1C.Cc1cc(C(C)C)cn2ncnc12.Cc1cc(C(C)C)cn2ncnc12.Cc1cc2ncnn2cc1C(C)C.Cc1nc2c(C)cc(C(C)C)cn2n1. The van der Waals surface area contributed by atoms with Gasteiger partial charge in [-0.3, -0.25) is 0 Å². The largest absolute Gasteiger partial charge is 0.243 e. The first-order valence-electron chi connectivity index (χ1n) is 28.3. The Morgan fingerprint density at radius 3 is 1.18 bits per heavy atom. The van der Waals surface area contributed by atoms with Crippen molar-refractivity contribution in [2.75, 3.05) is 0 Å². The number of fused-ring (bicyclic) bond motifs is 6. The quantitative estimate of drug-likeness (QED) is 0.154. The zero-order valence-electron chi connectivity index (χ0n) is 52.0. The standard InChI is InChI=1S/C11H14ClN3.2C11H15N3.3C10H13N3/c1-6(2)9-5-15-10(8(4)7(9)3)13-11(12)14-15;1-7(2)10-5-14-11(12-6-13-14)9(4)8(10)3;1-7(2)10-5-8(3)11-12-9(4)13-14(11)6-10;1-7(2)9-5-13-10(4-8(9)3)11-6-12-13;2*1-7(2)9-4-8(3)10-11-6-12-13(10)5-9/h5-6H,1-4H3;2*5-7H,1-4H3;3*4-7H,1-3H3. The maximum atomic E-state index is 5.80. The topological polar surface area (TPSA) is 181 Å². The van der Waals surface area contributed by atoms with Crippen LogP contribution in [0.1, 0.15) is 202 Å². The summed E-state index contributed by atoms with van der Waals surface area (Å²) >= 11 is 5.80. The highest BCUT2D eigenvalue weighted by molar-refractivity contribution is 6.28. The van der Waals surface area contributed by atoms with Crippen LogP contribution in [0.2, 0.25) is 5.28 Å². The lowest BCUT2D eigenvalue weighted by Crippen LogP contribution is -2.01. The van der Waals surface area contributed by atoms with Gasteiger partial charge in [-0.1, -0.05) is 101 Å². The second-order valence-corrected chi connectivity index (χ2v) is 23.4. The zero-order valence-corrected chi connectivity index (χ0v) is 52.7. The normalized spacial score (nSPS) is 11.5. The summed E-state index contributed by atoms with van der Waals surface area (Å²) in [7, 11) is 0. The average molecular weight is 1130 g/mol. The third kappa shape index (κ3) is 14.2. The second kappa shape index (κ2) is 26.3. The van der Waals surface area contributed by atoms with E-state index in [2.05, 4.69) is 242 Å². The van der Waals surface area contributed by atoms with Crippen LogP contribution in [0.15, 0.2) is 86.8 Å². The highest BCUT2D eigenvalue weighted by Gasteiger charge is 2.15. The summed E-state index contributed by atoms with van der Waals surface area (Å²) in [6.45, 7) is 44.9. The molecule has 0 aromatic carbocycles. The monoisotopic (exact) mass is 1130 g/mol. The van der Waals surface area contributed by atoms with Crippen LogP contribution in [0.5, 0.6) is 0 Å². The number of hydrogen-bond donors (Lipinski definition) is 0. The van der Waals surface area contributed by atoms with Crippen molar-refractivity contribution in [3.63, 3.8) is 0 Å². The van der Waals surface area contributed by atoms with Gasteiger partial charge in [0.05, 0.1) is 0 Å². The fourth-order valence-corrected chi connectivity index (χ4v) is 9.85. The van der Waals surface area contributed by atoms with E-state index in [1.807, 2.05) is 48.1 Å². The first-order chi connectivity index (χ1) is 38.7. The minimum Gasteiger partial charge on any atom is -0.221 e. The van der Waals surface area contributed by atoms with Crippen molar-refractivity contribution in [2.24, 2.45) is 0 Å². The van der Waals surface area contributed by atoms with Gasteiger partial charge in [-0.05, 0) is 193 Å². The zero-order chi connectivity index (χ0) is 60.0. The molecule has 18 nitrogen and oxygen atoms in total. The number of nitrogens with zero attached hydrogens (tertiary/aromatic N) is 18. The third-order valence-corrected chi connectivity index (χ3v) is 15.0. The Hall–Kier alpha value is -7.99. The Morgan fingerprint density at radius 2 is 0.707 bits per heavy atom. The number of rotatable bonds is 6. The van der Waals surface area contributed by atoms with Gasteiger partial charge in [0.1, 0.15) is 31.1 Å². The fourth-order valence-electron chi connectivity index (χ4n) is 9.69. The van der Waals surface area contributed by atoms with Crippen LogP contribution >= 0.6 is 11.6 Å². The second-order valence-electron chi connectivity index (χ2n) is 23.1. The van der Waals surface area contributed by atoms with Crippen molar-refractivity contribution >= 4 is 45.5 Å². The Kier molecular flexibility index (Phi) is 19.8. The van der Waals surface area contributed by atoms with Gasteiger partial charge in [-0.2, -0.15) is 30.5 Å². The summed E-state index contributed by atoms with van der Waals surface area (Å²) < 4.78 is 11.0. The minimum atomic E-state index is 0.304. The summed E-state index contributed by atoms with van der Waals surface area (Å²) in [5.74, 6) is 3.98. The number of halogens is 1. The molecule has 12 heterocycles. The molecule has 0 aliphatic rings. The minimum absolute atomic E-state index is 0.304. The molecule has 0 spiro atoms. The van der Waals surface area contributed by atoms with Crippen molar-refractivity contribution < 1.29 is 0 Å². The van der Waals surface area contributed by atoms with Gasteiger partial charge in [0.15, 0.2) is 33.9 Å². The van der Waals surface area contributed by atoms with Gasteiger partial charge >= 0.3 is 0 Å². The van der Waals surface area contributed by atoms with Gasteiger partial charge in [0, 0.05) is 37.2 Å². The van der Waals surface area contributed by atoms with Gasteiger partial charge in [0.25, 0.3) is 0 Å². The predicted octanol–water partition coefficient (Wildman–Crippen LogP) is 14.5. The maximum absolute atomic E-state index is 5.80. The van der Waals surface area contributed by atoms with Crippen molar-refractivity contribution in [1.29, 1.82) is 0 Å². The molecule has 0 saturated heterocycles. The van der Waals surface area contributed by atoms with Crippen molar-refractivity contribution in [2.45, 2.75) is 181 Å². The molecular weight excluding hydrogens is 1040 g/mol. The molecule has 82 heavy (non-hydrogen) atoms. The molecule has 0 radical (unpaired) electrons. The summed E-state index contributed by atoms with van der Waals surface area (Å²) in [6.07, 6.45) is 18.7. The molecule has 12 aromatic heterocycles. The predicted molar refractivity (Wildman–Crippen MR) is 330 cm³/mol. The molecule has 0 unspecified atom stereocenters. The molecule has 0 amide bonds. The Labute approximate surface area is 487 Å². The van der Waals surface area contributed by atoms with Crippen LogP contribution in [-0.4, -0.2) is 87.6 Å². The summed E-state index contributed by atoms with van der Waals surface area (Å²) in [4.78, 5) is 25.3. The molecule has 0 aliphatic heterocycles. The van der Waals surface area contributed by atoms with Crippen LogP contribution in [0.25, 0.3) is 33.9 Å². The van der Waals surface area contributed by atoms with E-state index in [0.29, 0.717) is 40.8 Å². The molecule has 0 fully saturated rings. The molecule has 0 aliphatic carbocycles. The van der Waals surface area contributed by atoms with Crippen LogP contribution < -0.4 is 0 Å². The average Bonchev–Trinajstić information content (AvgIpc) is 4.37. The molecule has 0 bridgehead atoms. The number of hydrogen-bond acceptors (Lipinski definition) is 12. The van der Waals surface area contributed by atoms with Crippen LogP contribution in [0.4, 0.5) is 0 Å². The number of aryl methyl sites for hydroxylation is 7. The van der Waals surface area contributed by atoms with E-state index in [4.69, 9.17) is 11.6 Å². The number of aromatic nitrogens is 18.